The van der Waals surface area contributed by atoms with E-state index in [1.165, 1.54) is 18.4 Å². The lowest BCUT2D eigenvalue weighted by Crippen LogP contribution is -2.40. The van der Waals surface area contributed by atoms with Crippen molar-refractivity contribution in [1.82, 2.24) is 9.80 Å². The topological polar surface area (TPSA) is 23.6 Å². The first-order chi connectivity index (χ1) is 11.2. The minimum absolute atomic E-state index is 0.401. The Bertz CT molecular complexity index is 486. The number of amides is 1. The maximum Gasteiger partial charge on any atom is 0.222 e. The third kappa shape index (κ3) is 4.81. The Morgan fingerprint density at radius 2 is 1.57 bits per heavy atom. The molecule has 0 spiro atoms. The van der Waals surface area contributed by atoms with E-state index in [1.54, 1.807) is 0 Å². The molecule has 0 saturated carbocycles. The number of piperidine rings is 2. The van der Waals surface area contributed by atoms with Crippen LogP contribution in [0.5, 0.6) is 0 Å². The predicted octanol–water partition coefficient (Wildman–Crippen LogP) is 3.20. The van der Waals surface area contributed by atoms with Gasteiger partial charge >= 0.3 is 0 Å². The van der Waals surface area contributed by atoms with E-state index in [-0.39, 0.29) is 0 Å². The quantitative estimate of drug-likeness (QED) is 0.852. The highest BCUT2D eigenvalue weighted by Gasteiger charge is 2.26. The van der Waals surface area contributed by atoms with E-state index in [0.29, 0.717) is 11.8 Å². The Kier molecular flexibility index (Phi) is 5.71. The molecule has 0 atom stereocenters. The molecular formula is C20H30N2O. The molecule has 2 saturated heterocycles. The zero-order valence-corrected chi connectivity index (χ0v) is 14.4. The molecule has 3 heteroatoms. The van der Waals surface area contributed by atoms with Gasteiger partial charge in [0, 0.05) is 19.5 Å². The molecule has 0 unspecified atom stereocenters. The lowest BCUT2D eigenvalue weighted by atomic mass is 9.89. The molecule has 1 aromatic rings. The van der Waals surface area contributed by atoms with E-state index in [2.05, 4.69) is 47.2 Å². The molecule has 23 heavy (non-hydrogen) atoms. The van der Waals surface area contributed by atoms with Crippen molar-refractivity contribution in [2.24, 2.45) is 11.8 Å². The molecule has 0 aliphatic carbocycles. The first-order valence-electron chi connectivity index (χ1n) is 9.21. The Morgan fingerprint density at radius 3 is 2.22 bits per heavy atom. The average Bonchev–Trinajstić information content (AvgIpc) is 2.58. The van der Waals surface area contributed by atoms with Gasteiger partial charge in [-0.3, -0.25) is 4.79 Å². The van der Waals surface area contributed by atoms with Gasteiger partial charge in [0.05, 0.1) is 0 Å². The summed E-state index contributed by atoms with van der Waals surface area (Å²) in [6.07, 6.45) is 6.64. The molecule has 0 radical (unpaired) electrons. The van der Waals surface area contributed by atoms with Crippen LogP contribution in [0.1, 0.15) is 37.7 Å². The van der Waals surface area contributed by atoms with Crippen LogP contribution in [-0.2, 0) is 11.2 Å². The summed E-state index contributed by atoms with van der Waals surface area (Å²) < 4.78 is 0. The third-order valence-electron chi connectivity index (χ3n) is 5.64. The third-order valence-corrected chi connectivity index (χ3v) is 5.64. The molecular weight excluding hydrogens is 284 g/mol. The van der Waals surface area contributed by atoms with Crippen LogP contribution >= 0.6 is 0 Å². The molecule has 1 amide bonds. The first kappa shape index (κ1) is 16.5. The van der Waals surface area contributed by atoms with Crippen molar-refractivity contribution < 1.29 is 4.79 Å². The first-order valence-corrected chi connectivity index (χ1v) is 9.21. The number of rotatable bonds is 4. The lowest BCUT2D eigenvalue weighted by molar-refractivity contribution is -0.133. The molecule has 3 rings (SSSR count). The molecule has 2 aliphatic rings. The highest BCUT2D eigenvalue weighted by Crippen LogP contribution is 2.25. The zero-order valence-electron chi connectivity index (χ0n) is 14.4. The van der Waals surface area contributed by atoms with Crippen LogP contribution in [0.2, 0.25) is 0 Å². The van der Waals surface area contributed by atoms with Crippen molar-refractivity contribution in [1.29, 1.82) is 0 Å². The molecule has 1 aromatic carbocycles. The second-order valence-corrected chi connectivity index (χ2v) is 7.46. The van der Waals surface area contributed by atoms with Gasteiger partial charge in [-0.1, -0.05) is 30.3 Å². The molecule has 2 aliphatic heterocycles. The van der Waals surface area contributed by atoms with Crippen molar-refractivity contribution in [3.8, 4) is 0 Å². The van der Waals surface area contributed by atoms with E-state index >= 15 is 0 Å². The SMILES string of the molecule is CN1CCC(CC(=O)N2CCC(Cc3ccccc3)CC2)CC1. The van der Waals surface area contributed by atoms with Gasteiger partial charge in [-0.05, 0) is 69.6 Å². The van der Waals surface area contributed by atoms with Gasteiger partial charge < -0.3 is 9.80 Å². The number of carbonyl (C=O) groups is 1. The van der Waals surface area contributed by atoms with Crippen LogP contribution in [0.25, 0.3) is 0 Å². The van der Waals surface area contributed by atoms with E-state index in [9.17, 15) is 4.79 Å². The Balaban J connectivity index is 1.40. The van der Waals surface area contributed by atoms with Crippen LogP contribution in [-0.4, -0.2) is 48.9 Å². The number of carbonyl (C=O) groups excluding carboxylic acids is 1. The smallest absolute Gasteiger partial charge is 0.222 e. The monoisotopic (exact) mass is 314 g/mol. The van der Waals surface area contributed by atoms with Crippen molar-refractivity contribution in [2.75, 3.05) is 33.2 Å². The molecule has 3 nitrogen and oxygen atoms in total. The molecule has 0 aromatic heterocycles. The van der Waals surface area contributed by atoms with Crippen LogP contribution in [0.3, 0.4) is 0 Å². The second-order valence-electron chi connectivity index (χ2n) is 7.46. The Labute approximate surface area is 140 Å². The lowest BCUT2D eigenvalue weighted by Gasteiger charge is -2.34. The maximum atomic E-state index is 12.5. The highest BCUT2D eigenvalue weighted by atomic mass is 16.2. The fourth-order valence-electron chi connectivity index (χ4n) is 3.98. The molecule has 0 N–H and O–H groups in total. The Hall–Kier alpha value is -1.35. The summed E-state index contributed by atoms with van der Waals surface area (Å²) in [6, 6.07) is 10.8. The van der Waals surface area contributed by atoms with Crippen molar-refractivity contribution >= 4 is 5.91 Å². The number of benzene rings is 1. The highest BCUT2D eigenvalue weighted by molar-refractivity contribution is 5.76. The van der Waals surface area contributed by atoms with Gasteiger partial charge in [0.2, 0.25) is 5.91 Å². The Morgan fingerprint density at radius 1 is 0.957 bits per heavy atom. The number of likely N-dealkylation sites (tertiary alicyclic amines) is 2. The van der Waals surface area contributed by atoms with Crippen LogP contribution in [0.15, 0.2) is 30.3 Å². The molecule has 2 fully saturated rings. The summed E-state index contributed by atoms with van der Waals surface area (Å²) in [7, 11) is 2.18. The van der Waals surface area contributed by atoms with Gasteiger partial charge in [0.25, 0.3) is 0 Å². The number of hydrogen-bond acceptors (Lipinski definition) is 2. The van der Waals surface area contributed by atoms with E-state index in [4.69, 9.17) is 0 Å². The standard InChI is InChI=1S/C20H30N2O/c1-21-11-7-19(8-12-21)16-20(23)22-13-9-18(10-14-22)15-17-5-3-2-4-6-17/h2-6,18-19H,7-16H2,1H3. The van der Waals surface area contributed by atoms with Gasteiger partial charge in [0.1, 0.15) is 0 Å². The van der Waals surface area contributed by atoms with Crippen molar-refractivity contribution in [3.05, 3.63) is 35.9 Å². The van der Waals surface area contributed by atoms with Gasteiger partial charge in [0.15, 0.2) is 0 Å². The summed E-state index contributed by atoms with van der Waals surface area (Å²) in [4.78, 5) is 17.0. The van der Waals surface area contributed by atoms with Crippen molar-refractivity contribution in [3.63, 3.8) is 0 Å². The normalized spacial score (nSPS) is 21.5. The van der Waals surface area contributed by atoms with Gasteiger partial charge in [-0.15, -0.1) is 0 Å². The fraction of sp³-hybridized carbons (Fsp3) is 0.650. The zero-order chi connectivity index (χ0) is 16.1. The summed E-state index contributed by atoms with van der Waals surface area (Å²) >= 11 is 0. The van der Waals surface area contributed by atoms with E-state index in [0.717, 1.165) is 57.8 Å². The fourth-order valence-corrected chi connectivity index (χ4v) is 3.98. The average molecular weight is 314 g/mol. The molecule has 2 heterocycles. The number of nitrogens with zero attached hydrogens (tertiary/aromatic N) is 2. The van der Waals surface area contributed by atoms with Crippen LogP contribution < -0.4 is 0 Å². The van der Waals surface area contributed by atoms with E-state index in [1.807, 2.05) is 0 Å². The predicted molar refractivity (Wildman–Crippen MR) is 94.3 cm³/mol. The second kappa shape index (κ2) is 7.96. The van der Waals surface area contributed by atoms with Crippen LogP contribution in [0, 0.1) is 11.8 Å². The van der Waals surface area contributed by atoms with Crippen LogP contribution in [0.4, 0.5) is 0 Å². The summed E-state index contributed by atoms with van der Waals surface area (Å²) in [6.45, 7) is 4.22. The van der Waals surface area contributed by atoms with Gasteiger partial charge in [-0.25, -0.2) is 0 Å². The maximum absolute atomic E-state index is 12.5. The molecule has 126 valence electrons. The van der Waals surface area contributed by atoms with Crippen molar-refractivity contribution in [2.45, 2.75) is 38.5 Å². The number of hydrogen-bond donors (Lipinski definition) is 0. The summed E-state index contributed by atoms with van der Waals surface area (Å²) in [5.74, 6) is 1.75. The minimum Gasteiger partial charge on any atom is -0.343 e. The summed E-state index contributed by atoms with van der Waals surface area (Å²) in [5.41, 5.74) is 1.43. The largest absolute Gasteiger partial charge is 0.343 e. The molecule has 0 bridgehead atoms. The minimum atomic E-state index is 0.401. The van der Waals surface area contributed by atoms with E-state index < -0.39 is 0 Å². The summed E-state index contributed by atoms with van der Waals surface area (Å²) in [5, 5.41) is 0. The van der Waals surface area contributed by atoms with Gasteiger partial charge in [-0.2, -0.15) is 0 Å².